The van der Waals surface area contributed by atoms with E-state index in [9.17, 15) is 19.5 Å². The van der Waals surface area contributed by atoms with Gasteiger partial charge < -0.3 is 29.6 Å². The highest BCUT2D eigenvalue weighted by atomic mass is 35.5. The number of nitrogens with one attached hydrogen (secondary N) is 2. The summed E-state index contributed by atoms with van der Waals surface area (Å²) in [6, 6.07) is 11.5. The molecule has 0 unspecified atom stereocenters. The Morgan fingerprint density at radius 2 is 1.16 bits per heavy atom. The zero-order valence-electron chi connectivity index (χ0n) is 31.1. The van der Waals surface area contributed by atoms with E-state index in [-0.39, 0.29) is 23.6 Å². The number of halogens is 2. The molecule has 4 aromatic rings. The maximum absolute atomic E-state index is 13.7. The van der Waals surface area contributed by atoms with Crippen LogP contribution >= 0.6 is 23.2 Å². The smallest absolute Gasteiger partial charge is 0.306 e. The first-order valence-electron chi connectivity index (χ1n) is 19.1. The van der Waals surface area contributed by atoms with Gasteiger partial charge >= 0.3 is 5.97 Å². The van der Waals surface area contributed by atoms with Gasteiger partial charge in [-0.2, -0.15) is 0 Å². The quantitative estimate of drug-likeness (QED) is 0.191. The first-order valence-corrected chi connectivity index (χ1v) is 19.9. The lowest BCUT2D eigenvalue weighted by Crippen LogP contribution is -2.42. The van der Waals surface area contributed by atoms with E-state index in [4.69, 9.17) is 37.9 Å². The number of amides is 2. The van der Waals surface area contributed by atoms with E-state index >= 15 is 0 Å². The van der Waals surface area contributed by atoms with Crippen LogP contribution in [0.2, 0.25) is 10.0 Å². The van der Waals surface area contributed by atoms with E-state index < -0.39 is 5.97 Å². The Bertz CT molecular complexity index is 2130. The van der Waals surface area contributed by atoms with Gasteiger partial charge in [0.1, 0.15) is 0 Å². The third-order valence-corrected chi connectivity index (χ3v) is 12.8. The predicted molar refractivity (Wildman–Crippen MR) is 210 cm³/mol. The maximum Gasteiger partial charge on any atom is 0.306 e. The lowest BCUT2D eigenvalue weighted by Gasteiger charge is -2.37. The molecule has 1 saturated heterocycles. The Kier molecular flexibility index (Phi) is 10.7. The van der Waals surface area contributed by atoms with E-state index in [1.165, 1.54) is 0 Å². The SMILES string of the molecule is Cn1c(C(=O)Nc2cccc(-c3cccc(NC(=O)c4nc5c(n4C)CCN(C4CCC(C(=O)O)CC4)C5)c3Cl)c2Cl)nc2c1CCN(C1CCOCC1)C2. The Morgan fingerprint density at radius 3 is 1.62 bits per heavy atom. The maximum atomic E-state index is 13.7. The van der Waals surface area contributed by atoms with Crippen LogP contribution in [0.1, 0.15) is 82.5 Å². The highest BCUT2D eigenvalue weighted by molar-refractivity contribution is 6.40. The van der Waals surface area contributed by atoms with Gasteiger partial charge in [0.2, 0.25) is 0 Å². The van der Waals surface area contributed by atoms with Crippen LogP contribution in [0.3, 0.4) is 0 Å². The third kappa shape index (κ3) is 7.40. The summed E-state index contributed by atoms with van der Waals surface area (Å²) in [6.07, 6.45) is 6.67. The standard InChI is InChI=1S/C40H46Cl2N8O5/c1-47-32-13-17-49(24-11-9-23(10-12-24)40(53)54)21-30(32)43-36(47)38(51)45-28-7-3-5-26(34(28)41)27-6-4-8-29(35(27)42)46-39(52)37-44-31-22-50(18-14-33(31)48(37)2)25-15-19-55-20-16-25/h3-8,23-25H,9-22H2,1-2H3,(H,45,51)(H,46,52)(H,53,54). The number of carbonyl (C=O) groups excluding carboxylic acids is 2. The average molecular weight is 790 g/mol. The topological polar surface area (TPSA) is 147 Å². The summed E-state index contributed by atoms with van der Waals surface area (Å²) in [4.78, 5) is 53.2. The van der Waals surface area contributed by atoms with Crippen molar-refractivity contribution in [3.05, 3.63) is 80.9 Å². The molecule has 1 saturated carbocycles. The molecule has 290 valence electrons. The molecule has 5 heterocycles. The molecule has 2 aromatic carbocycles. The van der Waals surface area contributed by atoms with Crippen molar-refractivity contribution in [3.63, 3.8) is 0 Å². The molecule has 13 nitrogen and oxygen atoms in total. The summed E-state index contributed by atoms with van der Waals surface area (Å²) in [6.45, 7) is 4.65. The normalized spacial score (nSPS) is 20.8. The van der Waals surface area contributed by atoms with E-state index in [0.717, 1.165) is 87.6 Å². The summed E-state index contributed by atoms with van der Waals surface area (Å²) in [5, 5.41) is 15.9. The molecule has 2 aromatic heterocycles. The van der Waals surface area contributed by atoms with E-state index in [2.05, 4.69) is 20.4 Å². The lowest BCUT2D eigenvalue weighted by atomic mass is 9.85. The first kappa shape index (κ1) is 37.6. The fraction of sp³-hybridized carbons (Fsp3) is 0.475. The Labute approximate surface area is 330 Å². The van der Waals surface area contributed by atoms with E-state index in [1.54, 1.807) is 24.3 Å². The number of anilines is 2. The zero-order chi connectivity index (χ0) is 38.4. The largest absolute Gasteiger partial charge is 0.481 e. The van der Waals surface area contributed by atoms with Gasteiger partial charge in [-0.25, -0.2) is 9.97 Å². The number of aromatic nitrogens is 4. The minimum Gasteiger partial charge on any atom is -0.481 e. The Balaban J connectivity index is 0.954. The van der Waals surface area contributed by atoms with Crippen molar-refractivity contribution in [1.82, 2.24) is 28.9 Å². The van der Waals surface area contributed by atoms with E-state index in [0.29, 0.717) is 76.4 Å². The Morgan fingerprint density at radius 1 is 0.709 bits per heavy atom. The number of ether oxygens (including phenoxy) is 1. The molecular weight excluding hydrogens is 743 g/mol. The predicted octanol–water partition coefficient (Wildman–Crippen LogP) is 6.17. The number of hydrogen-bond donors (Lipinski definition) is 3. The van der Waals surface area contributed by atoms with Crippen LogP contribution in [0.15, 0.2) is 36.4 Å². The number of carboxylic acid groups (broad SMARTS) is 1. The van der Waals surface area contributed by atoms with Crippen LogP contribution in [0.5, 0.6) is 0 Å². The van der Waals surface area contributed by atoms with Crippen LogP contribution in [0.4, 0.5) is 11.4 Å². The summed E-state index contributed by atoms with van der Waals surface area (Å²) in [5.74, 6) is -1.09. The average Bonchev–Trinajstić information content (AvgIpc) is 3.72. The molecule has 3 N–H and O–H groups in total. The Hall–Kier alpha value is -4.27. The molecule has 2 fully saturated rings. The van der Waals surface area contributed by atoms with Gasteiger partial charge in [0, 0.05) is 101 Å². The van der Waals surface area contributed by atoms with Crippen LogP contribution in [-0.4, -0.2) is 90.2 Å². The van der Waals surface area contributed by atoms with Gasteiger partial charge in [0.05, 0.1) is 38.7 Å². The zero-order valence-corrected chi connectivity index (χ0v) is 32.6. The molecule has 4 aliphatic rings. The third-order valence-electron chi connectivity index (χ3n) is 12.0. The molecule has 0 bridgehead atoms. The second kappa shape index (κ2) is 15.7. The van der Waals surface area contributed by atoms with Crippen molar-refractivity contribution in [1.29, 1.82) is 0 Å². The number of aliphatic carboxylic acids is 1. The van der Waals surface area contributed by atoms with E-state index in [1.807, 2.05) is 35.4 Å². The molecule has 0 spiro atoms. The molecule has 3 aliphatic heterocycles. The second-order valence-electron chi connectivity index (χ2n) is 15.1. The molecule has 8 rings (SSSR count). The number of carbonyl (C=O) groups is 3. The molecule has 2 amide bonds. The van der Waals surface area contributed by atoms with Crippen molar-refractivity contribution in [2.75, 3.05) is 36.9 Å². The highest BCUT2D eigenvalue weighted by Crippen LogP contribution is 2.41. The molecule has 55 heavy (non-hydrogen) atoms. The summed E-state index contributed by atoms with van der Waals surface area (Å²) in [7, 11) is 3.74. The lowest BCUT2D eigenvalue weighted by molar-refractivity contribution is -0.143. The number of benzene rings is 2. The molecule has 15 heteroatoms. The number of carboxylic acids is 1. The second-order valence-corrected chi connectivity index (χ2v) is 15.9. The van der Waals surface area contributed by atoms with Crippen LogP contribution in [-0.2, 0) is 49.6 Å². The van der Waals surface area contributed by atoms with Crippen LogP contribution < -0.4 is 10.6 Å². The number of rotatable bonds is 8. The number of imidazole rings is 2. The van der Waals surface area contributed by atoms with Crippen molar-refractivity contribution >= 4 is 52.4 Å². The fourth-order valence-corrected chi connectivity index (χ4v) is 9.44. The minimum atomic E-state index is -0.706. The number of nitrogens with zero attached hydrogens (tertiary/aromatic N) is 6. The molecular formula is C40H46Cl2N8O5. The molecule has 0 atom stereocenters. The van der Waals surface area contributed by atoms with Gasteiger partial charge in [0.15, 0.2) is 11.6 Å². The van der Waals surface area contributed by atoms with Crippen LogP contribution in [0, 0.1) is 5.92 Å². The molecule has 1 aliphatic carbocycles. The van der Waals surface area contributed by atoms with Crippen molar-refractivity contribution < 1.29 is 24.2 Å². The molecule has 0 radical (unpaired) electrons. The number of fused-ring (bicyclic) bond motifs is 2. The van der Waals surface area contributed by atoms with Gasteiger partial charge in [0.25, 0.3) is 11.8 Å². The first-order chi connectivity index (χ1) is 26.6. The van der Waals surface area contributed by atoms with Crippen molar-refractivity contribution in [2.45, 2.75) is 76.5 Å². The summed E-state index contributed by atoms with van der Waals surface area (Å²) >= 11 is 13.9. The summed E-state index contributed by atoms with van der Waals surface area (Å²) < 4.78 is 9.29. The highest BCUT2D eigenvalue weighted by Gasteiger charge is 2.34. The minimum absolute atomic E-state index is 0.259. The summed E-state index contributed by atoms with van der Waals surface area (Å²) in [5.41, 5.74) is 5.90. The van der Waals surface area contributed by atoms with Gasteiger partial charge in [-0.3, -0.25) is 24.2 Å². The number of hydrogen-bond acceptors (Lipinski definition) is 8. The van der Waals surface area contributed by atoms with Crippen molar-refractivity contribution in [2.24, 2.45) is 20.0 Å². The van der Waals surface area contributed by atoms with Gasteiger partial charge in [-0.05, 0) is 50.7 Å². The monoisotopic (exact) mass is 788 g/mol. The fourth-order valence-electron chi connectivity index (χ4n) is 8.89. The van der Waals surface area contributed by atoms with Crippen molar-refractivity contribution in [3.8, 4) is 11.1 Å². The van der Waals surface area contributed by atoms with Gasteiger partial charge in [-0.1, -0.05) is 47.5 Å². The van der Waals surface area contributed by atoms with Gasteiger partial charge in [-0.15, -0.1) is 0 Å². The van der Waals surface area contributed by atoms with Crippen LogP contribution in [0.25, 0.3) is 11.1 Å².